The van der Waals surface area contributed by atoms with Crippen LogP contribution in [-0.2, 0) is 22.3 Å². The first-order valence-corrected chi connectivity index (χ1v) is 10.2. The molecule has 1 N–H and O–H groups in total. The van der Waals surface area contributed by atoms with Crippen LogP contribution in [0.1, 0.15) is 34.7 Å². The van der Waals surface area contributed by atoms with Crippen molar-refractivity contribution < 1.29 is 40.8 Å². The van der Waals surface area contributed by atoms with Gasteiger partial charge in [-0.05, 0) is 18.1 Å². The van der Waals surface area contributed by atoms with Crippen LogP contribution < -0.4 is 5.32 Å². The molecule has 1 saturated heterocycles. The standard InChI is InChI=1S/C20H17F5N4O4/c21-19(22)6-12(19)16(30)26-13-8-32-4-3-14(13)29-7-10-2-1-9(5-11(10)17(29)31)15-27-18(33-28-15)20(23,24)25/h1-2,5,12-14H,3-4,6-8H2,(H,26,30)/t12?,13-,14-/m1/s1. The third-order valence-electron chi connectivity index (χ3n) is 6.06. The Labute approximate surface area is 183 Å². The molecule has 2 aromatic rings. The van der Waals surface area contributed by atoms with Crippen LogP contribution in [0.3, 0.4) is 0 Å². The van der Waals surface area contributed by atoms with E-state index in [1.807, 2.05) is 0 Å². The Kier molecular flexibility index (Phi) is 4.92. The summed E-state index contributed by atoms with van der Waals surface area (Å²) >= 11 is 0. The smallest absolute Gasteiger partial charge is 0.379 e. The summed E-state index contributed by atoms with van der Waals surface area (Å²) in [4.78, 5) is 30.2. The molecule has 0 radical (unpaired) electrons. The zero-order chi connectivity index (χ0) is 23.5. The third kappa shape index (κ3) is 3.94. The van der Waals surface area contributed by atoms with Gasteiger partial charge in [-0.1, -0.05) is 17.3 Å². The van der Waals surface area contributed by atoms with E-state index in [-0.39, 0.29) is 30.1 Å². The zero-order valence-corrected chi connectivity index (χ0v) is 16.9. The van der Waals surface area contributed by atoms with Gasteiger partial charge in [0, 0.05) is 30.7 Å². The molecular weight excluding hydrogens is 455 g/mol. The molecule has 1 aromatic carbocycles. The minimum absolute atomic E-state index is 0.0726. The summed E-state index contributed by atoms with van der Waals surface area (Å²) in [5.74, 6) is -7.35. The zero-order valence-electron chi connectivity index (χ0n) is 16.9. The average Bonchev–Trinajstić information content (AvgIpc) is 3.09. The van der Waals surface area contributed by atoms with Crippen LogP contribution in [0.25, 0.3) is 11.4 Å². The molecule has 1 aromatic heterocycles. The molecule has 5 rings (SSSR count). The first-order chi connectivity index (χ1) is 15.5. The fraction of sp³-hybridized carbons (Fsp3) is 0.500. The average molecular weight is 472 g/mol. The SMILES string of the molecule is O=C(N[C@@H]1COCC[C@H]1N1Cc2ccc(-c3noc(C(F)(F)F)n3)cc2C1=O)C1CC1(F)F. The Balaban J connectivity index is 1.34. The molecule has 0 spiro atoms. The van der Waals surface area contributed by atoms with E-state index in [1.165, 1.54) is 17.0 Å². The fourth-order valence-electron chi connectivity index (χ4n) is 4.20. The predicted octanol–water partition coefficient (Wildman–Crippen LogP) is 2.64. The number of ether oxygens (including phenoxy) is 1. The number of carbonyl (C=O) groups is 2. The third-order valence-corrected chi connectivity index (χ3v) is 6.06. The molecule has 1 unspecified atom stereocenters. The molecule has 8 nitrogen and oxygen atoms in total. The molecule has 176 valence electrons. The van der Waals surface area contributed by atoms with E-state index in [4.69, 9.17) is 4.74 Å². The van der Waals surface area contributed by atoms with E-state index in [0.29, 0.717) is 18.6 Å². The highest BCUT2D eigenvalue weighted by molar-refractivity contribution is 5.99. The van der Waals surface area contributed by atoms with Gasteiger partial charge in [-0.3, -0.25) is 9.59 Å². The van der Waals surface area contributed by atoms with E-state index in [9.17, 15) is 31.5 Å². The minimum Gasteiger partial charge on any atom is -0.379 e. The van der Waals surface area contributed by atoms with Crippen LogP contribution in [0.15, 0.2) is 22.7 Å². The quantitative estimate of drug-likeness (QED) is 0.688. The minimum atomic E-state index is -4.79. The normalized spacial score (nSPS) is 26.3. The highest BCUT2D eigenvalue weighted by Crippen LogP contribution is 2.48. The Morgan fingerprint density at radius 3 is 2.70 bits per heavy atom. The summed E-state index contributed by atoms with van der Waals surface area (Å²) in [5, 5.41) is 5.92. The molecule has 1 aliphatic carbocycles. The number of amides is 2. The van der Waals surface area contributed by atoms with Crippen molar-refractivity contribution in [2.24, 2.45) is 5.92 Å². The Morgan fingerprint density at radius 2 is 2.03 bits per heavy atom. The van der Waals surface area contributed by atoms with Crippen molar-refractivity contribution in [2.45, 2.75) is 43.6 Å². The Morgan fingerprint density at radius 1 is 1.27 bits per heavy atom. The van der Waals surface area contributed by atoms with E-state index in [0.717, 1.165) is 0 Å². The lowest BCUT2D eigenvalue weighted by molar-refractivity contribution is -0.159. The van der Waals surface area contributed by atoms with Crippen LogP contribution in [0, 0.1) is 5.92 Å². The van der Waals surface area contributed by atoms with Gasteiger partial charge >= 0.3 is 12.1 Å². The van der Waals surface area contributed by atoms with E-state index >= 15 is 0 Å². The number of nitrogens with one attached hydrogen (secondary N) is 1. The summed E-state index contributed by atoms with van der Waals surface area (Å²) in [6.07, 6.45) is -4.90. The Bertz CT molecular complexity index is 1120. The highest BCUT2D eigenvalue weighted by atomic mass is 19.4. The van der Waals surface area contributed by atoms with Gasteiger partial charge < -0.3 is 19.5 Å². The van der Waals surface area contributed by atoms with Gasteiger partial charge in [-0.2, -0.15) is 18.2 Å². The molecule has 13 heteroatoms. The van der Waals surface area contributed by atoms with Crippen molar-refractivity contribution >= 4 is 11.8 Å². The van der Waals surface area contributed by atoms with Crippen LogP contribution in [0.2, 0.25) is 0 Å². The second-order valence-electron chi connectivity index (χ2n) is 8.29. The summed E-state index contributed by atoms with van der Waals surface area (Å²) in [6.45, 7) is 0.597. The number of hydrogen-bond donors (Lipinski definition) is 1. The van der Waals surface area contributed by atoms with Crippen molar-refractivity contribution in [3.63, 3.8) is 0 Å². The molecule has 2 aliphatic heterocycles. The second kappa shape index (κ2) is 7.47. The number of nitrogens with zero attached hydrogens (tertiary/aromatic N) is 3. The van der Waals surface area contributed by atoms with Crippen LogP contribution in [0.5, 0.6) is 0 Å². The topological polar surface area (TPSA) is 97.6 Å². The lowest BCUT2D eigenvalue weighted by atomic mass is 10.0. The van der Waals surface area contributed by atoms with E-state index in [2.05, 4.69) is 20.0 Å². The summed E-state index contributed by atoms with van der Waals surface area (Å²) < 4.78 is 74.4. The van der Waals surface area contributed by atoms with Crippen molar-refractivity contribution in [1.82, 2.24) is 20.4 Å². The van der Waals surface area contributed by atoms with Gasteiger partial charge in [-0.15, -0.1) is 0 Å². The maximum atomic E-state index is 13.2. The van der Waals surface area contributed by atoms with E-state index < -0.39 is 54.2 Å². The molecule has 1 saturated carbocycles. The number of carbonyl (C=O) groups excluding carboxylic acids is 2. The second-order valence-corrected chi connectivity index (χ2v) is 8.29. The number of alkyl halides is 5. The van der Waals surface area contributed by atoms with Gasteiger partial charge in [0.15, 0.2) is 0 Å². The molecule has 0 bridgehead atoms. The molecule has 2 amide bonds. The van der Waals surface area contributed by atoms with Crippen molar-refractivity contribution in [1.29, 1.82) is 0 Å². The molecule has 3 atom stereocenters. The number of rotatable bonds is 4. The van der Waals surface area contributed by atoms with Crippen molar-refractivity contribution in [2.75, 3.05) is 13.2 Å². The van der Waals surface area contributed by atoms with Crippen LogP contribution in [-0.4, -0.2) is 58.1 Å². The first-order valence-electron chi connectivity index (χ1n) is 10.2. The molecule has 33 heavy (non-hydrogen) atoms. The molecule has 3 aliphatic rings. The first kappa shape index (κ1) is 21.7. The maximum Gasteiger partial charge on any atom is 0.471 e. The highest BCUT2D eigenvalue weighted by Gasteiger charge is 2.61. The number of halogens is 5. The van der Waals surface area contributed by atoms with Crippen LogP contribution >= 0.6 is 0 Å². The number of benzene rings is 1. The van der Waals surface area contributed by atoms with Gasteiger partial charge in [0.05, 0.1) is 18.7 Å². The van der Waals surface area contributed by atoms with Gasteiger partial charge in [0.25, 0.3) is 11.8 Å². The van der Waals surface area contributed by atoms with Gasteiger partial charge in [-0.25, -0.2) is 8.78 Å². The van der Waals surface area contributed by atoms with Gasteiger partial charge in [0.2, 0.25) is 11.7 Å². The van der Waals surface area contributed by atoms with Crippen LogP contribution in [0.4, 0.5) is 22.0 Å². The fourth-order valence-corrected chi connectivity index (χ4v) is 4.20. The lowest BCUT2D eigenvalue weighted by Gasteiger charge is -2.38. The number of hydrogen-bond acceptors (Lipinski definition) is 6. The van der Waals surface area contributed by atoms with E-state index in [1.54, 1.807) is 6.07 Å². The van der Waals surface area contributed by atoms with Gasteiger partial charge in [0.1, 0.15) is 5.92 Å². The summed E-state index contributed by atoms with van der Waals surface area (Å²) in [7, 11) is 0. The lowest BCUT2D eigenvalue weighted by Crippen LogP contribution is -2.57. The molecule has 2 fully saturated rings. The van der Waals surface area contributed by atoms with Crippen molar-refractivity contribution in [3.8, 4) is 11.4 Å². The van der Waals surface area contributed by atoms with Crippen molar-refractivity contribution in [3.05, 3.63) is 35.2 Å². The largest absolute Gasteiger partial charge is 0.471 e. The maximum absolute atomic E-state index is 13.2. The summed E-state index contributed by atoms with van der Waals surface area (Å²) in [6, 6.07) is 3.32. The molecular formula is C20H17F5N4O4. The molecule has 3 heterocycles. The predicted molar refractivity (Wildman–Crippen MR) is 98.8 cm³/mol. The monoisotopic (exact) mass is 472 g/mol. The summed E-state index contributed by atoms with van der Waals surface area (Å²) in [5.41, 5.74) is 1.07. The number of aromatic nitrogens is 2. The Hall–Kier alpha value is -3.09. The number of fused-ring (bicyclic) bond motifs is 1.